The molecule has 0 atom stereocenters. The van der Waals surface area contributed by atoms with Crippen molar-refractivity contribution in [2.75, 3.05) is 0 Å². The summed E-state index contributed by atoms with van der Waals surface area (Å²) in [6.45, 7) is 21.0. The van der Waals surface area contributed by atoms with Crippen molar-refractivity contribution in [3.8, 4) is 39.4 Å². The Morgan fingerprint density at radius 1 is 0.308 bits per heavy atom. The second kappa shape index (κ2) is 429. The van der Waals surface area contributed by atoms with E-state index in [9.17, 15) is 0 Å². The van der Waals surface area contributed by atoms with Crippen LogP contribution in [0.1, 0.15) is 0 Å². The van der Waals surface area contributed by atoms with Crippen LogP contribution in [0.4, 0.5) is 0 Å². The van der Waals surface area contributed by atoms with Gasteiger partial charge in [-0.1, -0.05) is 0 Å². The Balaban J connectivity index is -0.00000000655. The van der Waals surface area contributed by atoms with Crippen LogP contribution >= 0.6 is 0 Å². The average molecular weight is 302 g/mol. The molecule has 0 bridgehead atoms. The molecule has 0 aromatic carbocycles. The van der Waals surface area contributed by atoms with Crippen molar-refractivity contribution in [1.82, 2.24) is 0 Å². The van der Waals surface area contributed by atoms with E-state index in [1.165, 1.54) is 0 Å². The first-order valence-corrected chi connectivity index (χ1v) is 1.55. The Morgan fingerprint density at radius 3 is 0.308 bits per heavy atom. The van der Waals surface area contributed by atoms with Gasteiger partial charge in [-0.05, 0) is 0 Å². The summed E-state index contributed by atoms with van der Waals surface area (Å²) < 4.78 is 0. The Morgan fingerprint density at radius 2 is 0.308 bits per heavy atom. The van der Waals surface area contributed by atoms with Gasteiger partial charge in [-0.25, -0.2) is 31.6 Å². The van der Waals surface area contributed by atoms with Gasteiger partial charge in [0.25, 0.3) is 0 Å². The molecule has 0 amide bonds. The molecule has 0 aliphatic carbocycles. The summed E-state index contributed by atoms with van der Waals surface area (Å²) in [5.41, 5.74) is 0. The molecule has 0 radical (unpaired) electrons. The van der Waals surface area contributed by atoms with Crippen molar-refractivity contribution in [1.29, 1.82) is 31.6 Å². The molecule has 0 aliphatic heterocycles. The van der Waals surface area contributed by atoms with E-state index in [0.29, 0.717) is 0 Å². The van der Waals surface area contributed by atoms with Crippen LogP contribution in [0.3, 0.4) is 0 Å². The standard InChI is InChI=1S/6CHN.Ba.2H/c6*1-2;;;/h6*1H;;;. The number of hydrogen-bond donors (Lipinski definition) is 0. The zero-order valence-electron chi connectivity index (χ0n) is 6.15. The van der Waals surface area contributed by atoms with Crippen LogP contribution < -0.4 is 0 Å². The van der Waals surface area contributed by atoms with Crippen LogP contribution in [0.15, 0.2) is 0 Å². The summed E-state index contributed by atoms with van der Waals surface area (Å²) in [6.07, 6.45) is 0. The van der Waals surface area contributed by atoms with Gasteiger partial charge >= 0.3 is 48.9 Å². The van der Waals surface area contributed by atoms with Gasteiger partial charge in [0.05, 0.1) is 0 Å². The van der Waals surface area contributed by atoms with Crippen molar-refractivity contribution >= 4 is 48.9 Å². The van der Waals surface area contributed by atoms with Crippen molar-refractivity contribution in [2.45, 2.75) is 0 Å². The fraction of sp³-hybridized carbons (Fsp3) is 0. The van der Waals surface area contributed by atoms with E-state index in [4.69, 9.17) is 31.6 Å². The van der Waals surface area contributed by atoms with Crippen molar-refractivity contribution in [3.63, 3.8) is 0 Å². The van der Waals surface area contributed by atoms with Crippen molar-refractivity contribution in [3.05, 3.63) is 0 Å². The third kappa shape index (κ3) is 344. The number of hydrogen-bond acceptors (Lipinski definition) is 6. The monoisotopic (exact) mass is 302 g/mol. The molecule has 0 spiro atoms. The van der Waals surface area contributed by atoms with E-state index in [1.54, 1.807) is 0 Å². The molecule has 0 saturated heterocycles. The summed E-state index contributed by atoms with van der Waals surface area (Å²) in [6, 6.07) is 0. The SMILES string of the molecule is C#N.C#N.C#N.C#N.C#N.C#N.[BaH2]. The van der Waals surface area contributed by atoms with E-state index in [-0.39, 0.29) is 48.9 Å². The van der Waals surface area contributed by atoms with Gasteiger partial charge in [0, 0.05) is 39.4 Å². The maximum atomic E-state index is 6.50. The Labute approximate surface area is 119 Å². The minimum atomic E-state index is 0. The molecule has 0 aromatic heterocycles. The topological polar surface area (TPSA) is 143 Å². The van der Waals surface area contributed by atoms with E-state index < -0.39 is 0 Å². The quantitative estimate of drug-likeness (QED) is 0.572. The normalized spacial score (nSPS) is 0.923. The minimum absolute atomic E-state index is 0. The second-order valence-electron chi connectivity index (χ2n) is 0. The molecule has 0 rings (SSSR count). The molecular weight excluding hydrogens is 293 g/mol. The van der Waals surface area contributed by atoms with Crippen LogP contribution in [-0.4, -0.2) is 48.9 Å². The Kier molecular flexibility index (Phi) is 2060. The number of nitriles is 6. The van der Waals surface area contributed by atoms with Crippen LogP contribution in [-0.2, 0) is 0 Å². The molecule has 0 fully saturated rings. The fourth-order valence-electron chi connectivity index (χ4n) is 0. The zero-order chi connectivity index (χ0) is 12.0. The van der Waals surface area contributed by atoms with Gasteiger partial charge in [-0.15, -0.1) is 0 Å². The fourth-order valence-corrected chi connectivity index (χ4v) is 0. The van der Waals surface area contributed by atoms with Gasteiger partial charge < -0.3 is 0 Å². The van der Waals surface area contributed by atoms with Gasteiger partial charge in [-0.2, -0.15) is 0 Å². The van der Waals surface area contributed by atoms with Crippen LogP contribution in [0.2, 0.25) is 0 Å². The third-order valence-electron chi connectivity index (χ3n) is 0. The maximum absolute atomic E-state index is 6.50. The summed E-state index contributed by atoms with van der Waals surface area (Å²) in [5, 5.41) is 39.0. The molecule has 64 valence electrons. The van der Waals surface area contributed by atoms with Crippen molar-refractivity contribution in [2.24, 2.45) is 0 Å². The van der Waals surface area contributed by atoms with Crippen LogP contribution in [0.5, 0.6) is 0 Å². The summed E-state index contributed by atoms with van der Waals surface area (Å²) in [4.78, 5) is 0. The molecule has 0 unspecified atom stereocenters. The van der Waals surface area contributed by atoms with Gasteiger partial charge in [0.15, 0.2) is 0 Å². The predicted octanol–water partition coefficient (Wildman–Crippen LogP) is -0.0775. The molecule has 0 N–H and O–H groups in total. The first kappa shape index (κ1) is 62.5. The molecule has 13 heavy (non-hydrogen) atoms. The van der Waals surface area contributed by atoms with Crippen molar-refractivity contribution < 1.29 is 0 Å². The third-order valence-corrected chi connectivity index (χ3v) is 0. The summed E-state index contributed by atoms with van der Waals surface area (Å²) in [7, 11) is 0. The van der Waals surface area contributed by atoms with Gasteiger partial charge in [0.2, 0.25) is 0 Å². The van der Waals surface area contributed by atoms with E-state index in [0.717, 1.165) is 0 Å². The first-order valence-electron chi connectivity index (χ1n) is 1.55. The molecule has 6 nitrogen and oxygen atoms in total. The summed E-state index contributed by atoms with van der Waals surface area (Å²) >= 11 is 0. The first-order chi connectivity index (χ1) is 6.00. The zero-order valence-corrected chi connectivity index (χ0v) is 6.15. The molecule has 7 heteroatoms. The second-order valence-corrected chi connectivity index (χ2v) is 0. The summed E-state index contributed by atoms with van der Waals surface area (Å²) in [5.74, 6) is 0. The molecule has 0 saturated carbocycles. The Hall–Kier alpha value is -1.49. The number of rotatable bonds is 0. The van der Waals surface area contributed by atoms with E-state index in [1.807, 2.05) is 0 Å². The average Bonchev–Trinajstić information content (AvgIpc) is 2.33. The van der Waals surface area contributed by atoms with E-state index >= 15 is 0 Å². The van der Waals surface area contributed by atoms with Crippen LogP contribution in [0.25, 0.3) is 0 Å². The Bertz CT molecular complexity index is 92.1. The number of nitrogens with zero attached hydrogens (tertiary/aromatic N) is 6. The molecule has 0 heterocycles. The predicted molar refractivity (Wildman–Crippen MR) is 48.6 cm³/mol. The molecule has 0 aromatic rings. The molecule has 0 aliphatic rings. The van der Waals surface area contributed by atoms with Crippen LogP contribution in [0, 0.1) is 71.0 Å². The van der Waals surface area contributed by atoms with Gasteiger partial charge in [-0.3, -0.25) is 0 Å². The van der Waals surface area contributed by atoms with E-state index in [2.05, 4.69) is 39.4 Å². The molecular formula is C6H8BaN6. The van der Waals surface area contributed by atoms with Gasteiger partial charge in [0.1, 0.15) is 0 Å².